The van der Waals surface area contributed by atoms with E-state index in [9.17, 15) is 13.2 Å². The van der Waals surface area contributed by atoms with E-state index >= 15 is 0 Å². The molecule has 11 heteroatoms. The van der Waals surface area contributed by atoms with Gasteiger partial charge in [-0.15, -0.1) is 0 Å². The lowest BCUT2D eigenvalue weighted by Gasteiger charge is -2.22. The van der Waals surface area contributed by atoms with Crippen molar-refractivity contribution in [3.63, 3.8) is 0 Å². The van der Waals surface area contributed by atoms with Gasteiger partial charge < -0.3 is 24.9 Å². The highest BCUT2D eigenvalue weighted by molar-refractivity contribution is 7.92. The normalized spacial score (nSPS) is 11.7. The zero-order valence-corrected chi connectivity index (χ0v) is 16.5. The molecule has 0 aliphatic rings. The largest absolute Gasteiger partial charge is 0.491 e. The topological polar surface area (TPSA) is 137 Å². The molecule has 0 spiro atoms. The smallest absolute Gasteiger partial charge is 0.328 e. The summed E-state index contributed by atoms with van der Waals surface area (Å²) in [5.41, 5.74) is 6.63. The average molecular weight is 410 g/mol. The summed E-state index contributed by atoms with van der Waals surface area (Å²) in [5, 5.41) is 8.71. The number of sulfonamides is 1. The maximum absolute atomic E-state index is 12.9. The standard InChI is InChI=1S/C17H22N4O6S/c1-20-7-6-19-17(20)28(24,25)21(2)14-11-13(27-9-8-26-3)10-12(16(14)18)4-5-15(22)23/h4-7,10-11H,8-9,18H2,1-3H3,(H,22,23)/b5-4+. The van der Waals surface area contributed by atoms with Gasteiger partial charge in [0.25, 0.3) is 10.0 Å². The molecule has 28 heavy (non-hydrogen) atoms. The van der Waals surface area contributed by atoms with Gasteiger partial charge in [0.2, 0.25) is 5.16 Å². The predicted octanol–water partition coefficient (Wildman–Crippen LogP) is 0.950. The molecule has 152 valence electrons. The minimum Gasteiger partial charge on any atom is -0.491 e. The van der Waals surface area contributed by atoms with Crippen LogP contribution >= 0.6 is 0 Å². The average Bonchev–Trinajstić information content (AvgIpc) is 3.08. The SMILES string of the molecule is COCCOc1cc(/C=C/C(=O)O)c(N)c(N(C)S(=O)(=O)c2nccn2C)c1. The van der Waals surface area contributed by atoms with Crippen LogP contribution in [0.25, 0.3) is 6.08 Å². The molecule has 1 heterocycles. The van der Waals surface area contributed by atoms with Crippen LogP contribution in [0.3, 0.4) is 0 Å². The second-order valence-electron chi connectivity index (χ2n) is 5.75. The highest BCUT2D eigenvalue weighted by atomic mass is 32.2. The molecule has 0 atom stereocenters. The summed E-state index contributed by atoms with van der Waals surface area (Å²) in [6, 6.07) is 2.98. The number of aryl methyl sites for hydroxylation is 1. The summed E-state index contributed by atoms with van der Waals surface area (Å²) in [6.07, 6.45) is 5.05. The van der Waals surface area contributed by atoms with Crippen LogP contribution in [-0.2, 0) is 26.6 Å². The highest BCUT2D eigenvalue weighted by Crippen LogP contribution is 2.35. The molecule has 3 N–H and O–H groups in total. The van der Waals surface area contributed by atoms with Crippen LogP contribution in [0.5, 0.6) is 5.75 Å². The van der Waals surface area contributed by atoms with Crippen LogP contribution in [0.1, 0.15) is 5.56 Å². The number of aromatic nitrogens is 2. The van der Waals surface area contributed by atoms with Crippen LogP contribution in [0.15, 0.2) is 35.8 Å². The number of anilines is 2. The maximum Gasteiger partial charge on any atom is 0.328 e. The quantitative estimate of drug-likeness (QED) is 0.354. The lowest BCUT2D eigenvalue weighted by molar-refractivity contribution is -0.131. The highest BCUT2D eigenvalue weighted by Gasteiger charge is 2.28. The van der Waals surface area contributed by atoms with Gasteiger partial charge in [-0.3, -0.25) is 4.31 Å². The lowest BCUT2D eigenvalue weighted by atomic mass is 10.1. The zero-order valence-electron chi connectivity index (χ0n) is 15.7. The van der Waals surface area contributed by atoms with Crippen LogP contribution in [0, 0.1) is 0 Å². The Balaban J connectivity index is 2.54. The van der Waals surface area contributed by atoms with Crippen LogP contribution in [-0.4, -0.2) is 56.4 Å². The summed E-state index contributed by atoms with van der Waals surface area (Å²) < 4.78 is 38.7. The molecule has 0 saturated carbocycles. The summed E-state index contributed by atoms with van der Waals surface area (Å²) >= 11 is 0. The molecule has 0 fully saturated rings. The number of nitrogens with two attached hydrogens (primary N) is 1. The van der Waals surface area contributed by atoms with Gasteiger partial charge in [-0.05, 0) is 12.1 Å². The molecule has 2 aromatic rings. The number of hydrogen-bond acceptors (Lipinski definition) is 7. The van der Waals surface area contributed by atoms with E-state index in [1.807, 2.05) is 0 Å². The van der Waals surface area contributed by atoms with E-state index in [1.165, 1.54) is 49.3 Å². The van der Waals surface area contributed by atoms with Crippen molar-refractivity contribution in [3.05, 3.63) is 36.2 Å². The van der Waals surface area contributed by atoms with Gasteiger partial charge in [-0.25, -0.2) is 9.78 Å². The van der Waals surface area contributed by atoms with Crippen LogP contribution in [0.2, 0.25) is 0 Å². The minimum absolute atomic E-state index is 0.0804. The van der Waals surface area contributed by atoms with E-state index < -0.39 is 16.0 Å². The van der Waals surface area contributed by atoms with Crippen molar-refractivity contribution in [2.24, 2.45) is 7.05 Å². The number of imidazole rings is 1. The van der Waals surface area contributed by atoms with E-state index in [1.54, 1.807) is 7.05 Å². The van der Waals surface area contributed by atoms with Crippen molar-refractivity contribution in [1.29, 1.82) is 0 Å². The van der Waals surface area contributed by atoms with Crippen molar-refractivity contribution < 1.29 is 27.8 Å². The molecule has 1 aromatic carbocycles. The number of benzene rings is 1. The Bertz CT molecular complexity index is 984. The van der Waals surface area contributed by atoms with Crippen molar-refractivity contribution in [3.8, 4) is 5.75 Å². The van der Waals surface area contributed by atoms with Gasteiger partial charge in [0.15, 0.2) is 0 Å². The molecular formula is C17H22N4O6S. The third-order valence-corrected chi connectivity index (χ3v) is 5.61. The molecule has 0 radical (unpaired) electrons. The third-order valence-electron chi connectivity index (χ3n) is 3.83. The molecule has 0 unspecified atom stereocenters. The van der Waals surface area contributed by atoms with Gasteiger partial charge in [-0.1, -0.05) is 0 Å². The number of ether oxygens (including phenoxy) is 2. The number of carboxylic acids is 1. The van der Waals surface area contributed by atoms with Crippen LogP contribution in [0.4, 0.5) is 11.4 Å². The van der Waals surface area contributed by atoms with E-state index in [-0.39, 0.29) is 23.1 Å². The lowest BCUT2D eigenvalue weighted by Crippen LogP contribution is -2.29. The molecule has 0 bridgehead atoms. The Kier molecular flexibility index (Phi) is 6.65. The van der Waals surface area contributed by atoms with E-state index in [0.717, 1.165) is 10.4 Å². The molecule has 2 rings (SSSR count). The molecule has 0 aliphatic carbocycles. The number of carboxylic acid groups (broad SMARTS) is 1. The number of carbonyl (C=O) groups is 1. The Morgan fingerprint density at radius 2 is 2.11 bits per heavy atom. The van der Waals surface area contributed by atoms with Crippen molar-refractivity contribution >= 4 is 33.4 Å². The maximum atomic E-state index is 12.9. The molecular weight excluding hydrogens is 388 g/mol. The monoisotopic (exact) mass is 410 g/mol. The summed E-state index contributed by atoms with van der Waals surface area (Å²) in [5.74, 6) is -0.853. The summed E-state index contributed by atoms with van der Waals surface area (Å²) in [7, 11) is 0.403. The van der Waals surface area contributed by atoms with Gasteiger partial charge in [-0.2, -0.15) is 8.42 Å². The predicted molar refractivity (Wildman–Crippen MR) is 104 cm³/mol. The van der Waals surface area contributed by atoms with Crippen molar-refractivity contribution in [2.45, 2.75) is 5.16 Å². The molecule has 1 aromatic heterocycles. The minimum atomic E-state index is -4.01. The number of aliphatic carboxylic acids is 1. The number of methoxy groups -OCH3 is 1. The first kappa shape index (κ1) is 21.3. The molecule has 10 nitrogen and oxygen atoms in total. The summed E-state index contributed by atoms with van der Waals surface area (Å²) in [6.45, 7) is 0.541. The number of nitrogens with zero attached hydrogens (tertiary/aromatic N) is 3. The van der Waals surface area contributed by atoms with Crippen molar-refractivity contribution in [1.82, 2.24) is 9.55 Å². The summed E-state index contributed by atoms with van der Waals surface area (Å²) in [4.78, 5) is 14.7. The third kappa shape index (κ3) is 4.61. The second-order valence-corrected chi connectivity index (χ2v) is 7.61. The van der Waals surface area contributed by atoms with Crippen LogP contribution < -0.4 is 14.8 Å². The zero-order chi connectivity index (χ0) is 20.9. The van der Waals surface area contributed by atoms with Gasteiger partial charge in [0.1, 0.15) is 12.4 Å². The first-order valence-electron chi connectivity index (χ1n) is 8.11. The number of hydrogen-bond donors (Lipinski definition) is 2. The van der Waals surface area contributed by atoms with Crippen molar-refractivity contribution in [2.75, 3.05) is 37.4 Å². The fourth-order valence-corrected chi connectivity index (χ4v) is 3.64. The Labute approximate surface area is 162 Å². The van der Waals surface area contributed by atoms with Gasteiger partial charge in [0, 0.05) is 51.3 Å². The molecule has 0 saturated heterocycles. The fraction of sp³-hybridized carbons (Fsp3) is 0.294. The Hall–Kier alpha value is -3.05. The van der Waals surface area contributed by atoms with Gasteiger partial charge in [0.05, 0.1) is 18.0 Å². The number of rotatable bonds is 9. The van der Waals surface area contributed by atoms with E-state index in [2.05, 4.69) is 4.98 Å². The Morgan fingerprint density at radius 3 is 2.68 bits per heavy atom. The fourth-order valence-electron chi connectivity index (χ4n) is 2.37. The first-order chi connectivity index (χ1) is 13.2. The Morgan fingerprint density at radius 1 is 1.39 bits per heavy atom. The van der Waals surface area contributed by atoms with E-state index in [0.29, 0.717) is 17.9 Å². The molecule has 0 aliphatic heterocycles. The second kappa shape index (κ2) is 8.76. The first-order valence-corrected chi connectivity index (χ1v) is 9.55. The van der Waals surface area contributed by atoms with E-state index in [4.69, 9.17) is 20.3 Å². The van der Waals surface area contributed by atoms with Gasteiger partial charge >= 0.3 is 5.97 Å². The molecule has 0 amide bonds. The number of nitrogen functional groups attached to an aromatic ring is 1.